The smallest absolute Gasteiger partial charge is 0.308 e. The number of hydrogen-bond acceptors (Lipinski definition) is 14. The van der Waals surface area contributed by atoms with Gasteiger partial charge < -0.3 is 28.7 Å². The summed E-state index contributed by atoms with van der Waals surface area (Å²) in [4.78, 5) is 55.1. The number of ether oxygens (including phenoxy) is 4. The summed E-state index contributed by atoms with van der Waals surface area (Å²) in [6, 6.07) is 0. The summed E-state index contributed by atoms with van der Waals surface area (Å²) in [6.07, 6.45) is 25.1. The van der Waals surface area contributed by atoms with E-state index in [0.29, 0.717) is 62.5 Å². The lowest BCUT2D eigenvalue weighted by molar-refractivity contribution is -0.149. The second-order valence-electron chi connectivity index (χ2n) is 16.7. The van der Waals surface area contributed by atoms with E-state index in [1.807, 2.05) is 0 Å². The number of carbonyl (C=O) groups is 4. The molecule has 0 radical (unpaired) electrons. The van der Waals surface area contributed by atoms with Crippen LogP contribution in [0.1, 0.15) is 182 Å². The number of nitrogens with zero attached hydrogens (tertiary/aromatic N) is 2. The summed E-state index contributed by atoms with van der Waals surface area (Å²) in [7, 11) is 10.7. The average Bonchev–Trinajstić information content (AvgIpc) is 3.26. The molecule has 62 heavy (non-hydrogen) atoms. The Hall–Kier alpha value is -0.800. The van der Waals surface area contributed by atoms with Crippen LogP contribution in [-0.2, 0) is 38.1 Å². The fraction of sp³-hybridized carbons (Fsp3) is 0.917. The first-order valence-electron chi connectivity index (χ1n) is 24.7. The van der Waals surface area contributed by atoms with E-state index in [1.54, 1.807) is 43.2 Å². The van der Waals surface area contributed by atoms with Crippen LogP contribution in [0, 0.1) is 11.8 Å². The van der Waals surface area contributed by atoms with Crippen molar-refractivity contribution in [3.63, 3.8) is 0 Å². The van der Waals surface area contributed by atoms with E-state index in [2.05, 4.69) is 51.6 Å². The normalized spacial score (nSPS) is 11.6. The number of hydrogen-bond donors (Lipinski definition) is 0. The molecule has 0 aromatic heterocycles. The maximum atomic E-state index is 12.8. The maximum Gasteiger partial charge on any atom is 0.308 e. The molecule has 0 atom stereocenters. The minimum absolute atomic E-state index is 0.0206. The third kappa shape index (κ3) is 40.7. The van der Waals surface area contributed by atoms with Gasteiger partial charge in [-0.3, -0.25) is 19.2 Å². The lowest BCUT2D eigenvalue weighted by Crippen LogP contribution is -2.31. The SMILES string of the molecule is CCCCCCC(CCCCCC)C(=O)OCCSSCCOC(=O)CCN(CCCCN(C)C)CCC(=O)OCCSSCCOC(=O)C(CCCCCC)CCCCCC. The number of esters is 4. The van der Waals surface area contributed by atoms with Crippen molar-refractivity contribution in [3.05, 3.63) is 0 Å². The van der Waals surface area contributed by atoms with Crippen molar-refractivity contribution in [2.45, 2.75) is 182 Å². The Labute approximate surface area is 396 Å². The highest BCUT2D eigenvalue weighted by atomic mass is 33.1. The summed E-state index contributed by atoms with van der Waals surface area (Å²) in [5.41, 5.74) is 0. The molecule has 0 bridgehead atoms. The van der Waals surface area contributed by atoms with Crippen LogP contribution in [0.15, 0.2) is 0 Å². The Morgan fingerprint density at radius 3 is 1.05 bits per heavy atom. The summed E-state index contributed by atoms with van der Waals surface area (Å²) < 4.78 is 22.4. The molecular weight excluding hydrogens is 861 g/mol. The van der Waals surface area contributed by atoms with E-state index >= 15 is 0 Å². The summed E-state index contributed by atoms with van der Waals surface area (Å²) in [5, 5.41) is 0. The van der Waals surface area contributed by atoms with Crippen molar-refractivity contribution in [2.75, 3.05) is 89.7 Å². The van der Waals surface area contributed by atoms with Gasteiger partial charge >= 0.3 is 23.9 Å². The lowest BCUT2D eigenvalue weighted by atomic mass is 9.94. The molecule has 14 heteroatoms. The Kier molecular flexibility index (Phi) is 46.1. The van der Waals surface area contributed by atoms with E-state index in [9.17, 15) is 19.2 Å². The van der Waals surface area contributed by atoms with Gasteiger partial charge in [0, 0.05) is 36.1 Å². The van der Waals surface area contributed by atoms with Crippen molar-refractivity contribution >= 4 is 67.1 Å². The van der Waals surface area contributed by atoms with E-state index in [-0.39, 0.29) is 48.6 Å². The Bertz CT molecular complexity index is 965. The zero-order valence-electron chi connectivity index (χ0n) is 40.4. The lowest BCUT2D eigenvalue weighted by Gasteiger charge is -2.22. The Morgan fingerprint density at radius 2 is 0.726 bits per heavy atom. The van der Waals surface area contributed by atoms with Crippen molar-refractivity contribution < 1.29 is 38.1 Å². The first-order valence-corrected chi connectivity index (χ1v) is 29.7. The maximum absolute atomic E-state index is 12.8. The van der Waals surface area contributed by atoms with Crippen LogP contribution in [0.2, 0.25) is 0 Å². The first kappa shape index (κ1) is 61.2. The Balaban J connectivity index is 4.37. The molecule has 0 saturated carbocycles. The van der Waals surface area contributed by atoms with Gasteiger partial charge in [0.1, 0.15) is 26.4 Å². The van der Waals surface area contributed by atoms with Gasteiger partial charge in [0.25, 0.3) is 0 Å². The average molecular weight is 954 g/mol. The molecular formula is C48H92N2O8S4. The predicted octanol–water partition coefficient (Wildman–Crippen LogP) is 12.5. The van der Waals surface area contributed by atoms with Crippen LogP contribution in [0.3, 0.4) is 0 Å². The molecule has 0 aliphatic carbocycles. The molecule has 0 saturated heterocycles. The first-order chi connectivity index (χ1) is 30.2. The second kappa shape index (κ2) is 46.7. The Morgan fingerprint density at radius 1 is 0.403 bits per heavy atom. The molecule has 0 aliphatic heterocycles. The third-order valence-electron chi connectivity index (χ3n) is 10.7. The molecule has 0 rings (SSSR count). The van der Waals surface area contributed by atoms with Crippen LogP contribution >= 0.6 is 43.2 Å². The van der Waals surface area contributed by atoms with Gasteiger partial charge in [0.05, 0.1) is 24.7 Å². The molecule has 0 N–H and O–H groups in total. The van der Waals surface area contributed by atoms with Gasteiger partial charge in [-0.25, -0.2) is 0 Å². The van der Waals surface area contributed by atoms with Crippen molar-refractivity contribution in [3.8, 4) is 0 Å². The van der Waals surface area contributed by atoms with Crippen molar-refractivity contribution in [1.29, 1.82) is 0 Å². The zero-order chi connectivity index (χ0) is 45.7. The largest absolute Gasteiger partial charge is 0.465 e. The second-order valence-corrected chi connectivity index (χ2v) is 22.1. The minimum Gasteiger partial charge on any atom is -0.465 e. The van der Waals surface area contributed by atoms with E-state index in [0.717, 1.165) is 77.3 Å². The van der Waals surface area contributed by atoms with Gasteiger partial charge in [0.15, 0.2) is 0 Å². The van der Waals surface area contributed by atoms with Gasteiger partial charge in [-0.15, -0.1) is 0 Å². The predicted molar refractivity (Wildman–Crippen MR) is 269 cm³/mol. The van der Waals surface area contributed by atoms with Crippen LogP contribution < -0.4 is 0 Å². The summed E-state index contributed by atoms with van der Waals surface area (Å²) >= 11 is 0. The van der Waals surface area contributed by atoms with Crippen LogP contribution in [0.25, 0.3) is 0 Å². The van der Waals surface area contributed by atoms with Gasteiger partial charge in [-0.05, 0) is 65.7 Å². The molecule has 0 aliphatic rings. The standard InChI is InChI=1S/C48H92N2O8S4/c1-7-11-15-19-25-43(26-20-16-12-8-2)47(53)57-37-41-61-59-39-35-55-45(51)29-33-50(32-24-23-31-49(5)6)34-30-46(52)56-36-40-60-62-42-38-58-48(54)44(27-21-17-13-9-3)28-22-18-14-10-4/h43-44H,7-42H2,1-6H3. The van der Waals surface area contributed by atoms with E-state index in [1.165, 1.54) is 77.0 Å². The molecule has 366 valence electrons. The fourth-order valence-electron chi connectivity index (χ4n) is 6.98. The van der Waals surface area contributed by atoms with Gasteiger partial charge in [0.2, 0.25) is 0 Å². The number of unbranched alkanes of at least 4 members (excludes halogenated alkanes) is 13. The molecule has 0 fully saturated rings. The minimum atomic E-state index is -0.233. The highest BCUT2D eigenvalue weighted by molar-refractivity contribution is 8.77. The zero-order valence-corrected chi connectivity index (χ0v) is 43.7. The molecule has 0 aromatic rings. The topological polar surface area (TPSA) is 112 Å². The third-order valence-corrected chi connectivity index (χ3v) is 15.4. The number of rotatable bonds is 47. The van der Waals surface area contributed by atoms with Crippen molar-refractivity contribution in [1.82, 2.24) is 9.80 Å². The van der Waals surface area contributed by atoms with Gasteiger partial charge in [-0.1, -0.05) is 174 Å². The molecule has 0 aromatic carbocycles. The highest BCUT2D eigenvalue weighted by Crippen LogP contribution is 2.24. The monoisotopic (exact) mass is 953 g/mol. The molecule has 0 amide bonds. The van der Waals surface area contributed by atoms with Crippen LogP contribution in [0.5, 0.6) is 0 Å². The van der Waals surface area contributed by atoms with Crippen molar-refractivity contribution in [2.24, 2.45) is 11.8 Å². The van der Waals surface area contributed by atoms with Crippen LogP contribution in [0.4, 0.5) is 0 Å². The van der Waals surface area contributed by atoms with Gasteiger partial charge in [-0.2, -0.15) is 0 Å². The fourth-order valence-corrected chi connectivity index (χ4v) is 10.3. The number of carbonyl (C=O) groups excluding carboxylic acids is 4. The van der Waals surface area contributed by atoms with Crippen LogP contribution in [-0.4, -0.2) is 123 Å². The van der Waals surface area contributed by atoms with E-state index < -0.39 is 0 Å². The molecule has 0 heterocycles. The highest BCUT2D eigenvalue weighted by Gasteiger charge is 2.21. The summed E-state index contributed by atoms with van der Waals surface area (Å²) in [6.45, 7) is 13.2. The molecule has 10 nitrogen and oxygen atoms in total. The van der Waals surface area contributed by atoms with E-state index in [4.69, 9.17) is 18.9 Å². The molecule has 0 unspecified atom stereocenters. The summed E-state index contributed by atoms with van der Waals surface area (Å²) in [5.74, 6) is 2.26. The molecule has 0 spiro atoms. The quantitative estimate of drug-likeness (QED) is 0.0250.